The third kappa shape index (κ3) is 7.30. The van der Waals surface area contributed by atoms with Crippen molar-refractivity contribution >= 4 is 27.7 Å². The van der Waals surface area contributed by atoms with Crippen molar-refractivity contribution in [2.45, 2.75) is 39.3 Å². The van der Waals surface area contributed by atoms with Crippen molar-refractivity contribution in [1.29, 1.82) is 0 Å². The van der Waals surface area contributed by atoms with Crippen LogP contribution >= 0.6 is 11.8 Å². The lowest BCUT2D eigenvalue weighted by Crippen LogP contribution is -2.49. The van der Waals surface area contributed by atoms with Gasteiger partial charge in [0, 0.05) is 6.54 Å². The summed E-state index contributed by atoms with van der Waals surface area (Å²) in [7, 11) is -3.45. The van der Waals surface area contributed by atoms with Crippen LogP contribution in [0.25, 0.3) is 0 Å². The van der Waals surface area contributed by atoms with Crippen LogP contribution in [0.4, 0.5) is 0 Å². The fraction of sp³-hybridized carbons (Fsp3) is 0.706. The summed E-state index contributed by atoms with van der Waals surface area (Å²) in [5, 5.41) is 2.90. The largest absolute Gasteiger partial charge is 0.468 e. The predicted molar refractivity (Wildman–Crippen MR) is 107 cm³/mol. The molecule has 0 aromatic carbocycles. The van der Waals surface area contributed by atoms with Gasteiger partial charge in [-0.05, 0) is 50.6 Å². The second-order valence-electron chi connectivity index (χ2n) is 5.85. The number of hydrogen-bond donors (Lipinski definition) is 2. The molecule has 0 aliphatic rings. The maximum absolute atomic E-state index is 12.6. The Labute approximate surface area is 161 Å². The molecule has 0 saturated carbocycles. The molecule has 150 valence electrons. The summed E-state index contributed by atoms with van der Waals surface area (Å²) < 4.78 is 31.8. The maximum atomic E-state index is 12.6. The molecule has 0 aliphatic heterocycles. The SMILES string of the molecule is CCN(CC)C(CNC(=O)C(CCSC)NS(=O)(=O)CC)c1ccco1. The molecule has 26 heavy (non-hydrogen) atoms. The van der Waals surface area contributed by atoms with Crippen LogP contribution in [0.2, 0.25) is 0 Å². The Kier molecular flexibility index (Phi) is 10.3. The van der Waals surface area contributed by atoms with Crippen LogP contribution in [0, 0.1) is 0 Å². The Balaban J connectivity index is 2.81. The number of amides is 1. The highest BCUT2D eigenvalue weighted by atomic mass is 32.2. The van der Waals surface area contributed by atoms with Crippen LogP contribution in [0.15, 0.2) is 22.8 Å². The Morgan fingerprint density at radius 3 is 2.50 bits per heavy atom. The molecule has 1 heterocycles. The van der Waals surface area contributed by atoms with E-state index < -0.39 is 16.1 Å². The van der Waals surface area contributed by atoms with Crippen molar-refractivity contribution in [2.24, 2.45) is 0 Å². The van der Waals surface area contributed by atoms with E-state index in [-0.39, 0.29) is 17.7 Å². The van der Waals surface area contributed by atoms with E-state index in [2.05, 4.69) is 28.8 Å². The second kappa shape index (κ2) is 11.6. The summed E-state index contributed by atoms with van der Waals surface area (Å²) in [6.45, 7) is 7.65. The summed E-state index contributed by atoms with van der Waals surface area (Å²) >= 11 is 1.58. The molecular weight excluding hydrogens is 374 g/mol. The molecular formula is C17H31N3O4S2. The molecule has 2 atom stereocenters. The monoisotopic (exact) mass is 405 g/mol. The molecule has 9 heteroatoms. The first-order valence-electron chi connectivity index (χ1n) is 8.92. The lowest BCUT2D eigenvalue weighted by molar-refractivity contribution is -0.123. The van der Waals surface area contributed by atoms with Crippen molar-refractivity contribution in [1.82, 2.24) is 14.9 Å². The van der Waals surface area contributed by atoms with E-state index in [1.165, 1.54) is 0 Å². The molecule has 0 spiro atoms. The number of carbonyl (C=O) groups is 1. The van der Waals surface area contributed by atoms with Gasteiger partial charge in [-0.1, -0.05) is 13.8 Å². The third-order valence-corrected chi connectivity index (χ3v) is 6.27. The number of hydrogen-bond acceptors (Lipinski definition) is 6. The van der Waals surface area contributed by atoms with Crippen molar-refractivity contribution < 1.29 is 17.6 Å². The van der Waals surface area contributed by atoms with Crippen molar-refractivity contribution in [2.75, 3.05) is 37.4 Å². The molecule has 0 bridgehead atoms. The van der Waals surface area contributed by atoms with Gasteiger partial charge in [0.15, 0.2) is 0 Å². The van der Waals surface area contributed by atoms with Crippen molar-refractivity contribution in [3.05, 3.63) is 24.2 Å². The van der Waals surface area contributed by atoms with Gasteiger partial charge >= 0.3 is 0 Å². The van der Waals surface area contributed by atoms with Gasteiger partial charge in [-0.2, -0.15) is 11.8 Å². The zero-order chi connectivity index (χ0) is 19.6. The smallest absolute Gasteiger partial charge is 0.238 e. The van der Waals surface area contributed by atoms with Crippen molar-refractivity contribution in [3.63, 3.8) is 0 Å². The summed E-state index contributed by atoms with van der Waals surface area (Å²) in [6.07, 6.45) is 3.99. The third-order valence-electron chi connectivity index (χ3n) is 4.22. The Morgan fingerprint density at radius 1 is 1.31 bits per heavy atom. The predicted octanol–water partition coefficient (Wildman–Crippen LogP) is 1.84. The molecule has 1 aromatic heterocycles. The average Bonchev–Trinajstić information content (AvgIpc) is 3.16. The molecule has 0 radical (unpaired) electrons. The highest BCUT2D eigenvalue weighted by Crippen LogP contribution is 2.20. The van der Waals surface area contributed by atoms with Crippen molar-refractivity contribution in [3.8, 4) is 0 Å². The Bertz CT molecular complexity index is 616. The molecule has 7 nitrogen and oxygen atoms in total. The number of nitrogens with one attached hydrogen (secondary N) is 2. The van der Waals surface area contributed by atoms with Gasteiger partial charge in [0.2, 0.25) is 15.9 Å². The first kappa shape index (κ1) is 23.0. The molecule has 1 aromatic rings. The maximum Gasteiger partial charge on any atom is 0.238 e. The van der Waals surface area contributed by atoms with E-state index >= 15 is 0 Å². The summed E-state index contributed by atoms with van der Waals surface area (Å²) in [4.78, 5) is 14.8. The van der Waals surface area contributed by atoms with Crippen LogP contribution in [0.5, 0.6) is 0 Å². The zero-order valence-corrected chi connectivity index (χ0v) is 17.7. The summed E-state index contributed by atoms with van der Waals surface area (Å²) in [5.74, 6) is 1.12. The number of sulfonamides is 1. The van der Waals surface area contributed by atoms with Crippen LogP contribution in [0.3, 0.4) is 0 Å². The number of nitrogens with zero attached hydrogens (tertiary/aromatic N) is 1. The lowest BCUT2D eigenvalue weighted by atomic mass is 10.1. The fourth-order valence-corrected chi connectivity index (χ4v) is 3.95. The minimum atomic E-state index is -3.45. The van der Waals surface area contributed by atoms with Gasteiger partial charge in [-0.25, -0.2) is 13.1 Å². The first-order valence-corrected chi connectivity index (χ1v) is 12.0. The topological polar surface area (TPSA) is 91.7 Å². The van der Waals surface area contributed by atoms with Crippen LogP contribution < -0.4 is 10.0 Å². The molecule has 1 rings (SSSR count). The quantitative estimate of drug-likeness (QED) is 0.520. The first-order chi connectivity index (χ1) is 12.4. The van der Waals surface area contributed by atoms with Crippen LogP contribution in [0.1, 0.15) is 39.0 Å². The molecule has 0 saturated heterocycles. The molecule has 0 fully saturated rings. The lowest BCUT2D eigenvalue weighted by Gasteiger charge is -2.29. The second-order valence-corrected chi connectivity index (χ2v) is 8.88. The standard InChI is InChI=1S/C17H31N3O4S2/c1-5-20(6-2)15(16-9-8-11-24-16)13-18-17(21)14(10-12-25-4)19-26(22,23)7-3/h8-9,11,14-15,19H,5-7,10,12-13H2,1-4H3,(H,18,21). The summed E-state index contributed by atoms with van der Waals surface area (Å²) in [5.41, 5.74) is 0. The molecule has 0 aliphatic carbocycles. The summed E-state index contributed by atoms with van der Waals surface area (Å²) in [6, 6.07) is 2.86. The molecule has 2 unspecified atom stereocenters. The van der Waals surface area contributed by atoms with Gasteiger partial charge in [-0.15, -0.1) is 0 Å². The fourth-order valence-electron chi connectivity index (χ4n) is 2.65. The zero-order valence-electron chi connectivity index (χ0n) is 16.0. The average molecular weight is 406 g/mol. The van der Waals surface area contributed by atoms with Crippen LogP contribution in [-0.4, -0.2) is 62.7 Å². The van der Waals surface area contributed by atoms with E-state index in [9.17, 15) is 13.2 Å². The van der Waals surface area contributed by atoms with Gasteiger partial charge in [0.1, 0.15) is 11.8 Å². The Morgan fingerprint density at radius 2 is 2.00 bits per heavy atom. The van der Waals surface area contributed by atoms with Gasteiger partial charge in [0.05, 0.1) is 18.1 Å². The van der Waals surface area contributed by atoms with E-state index in [0.29, 0.717) is 18.7 Å². The minimum absolute atomic E-state index is 0.0511. The van der Waals surface area contributed by atoms with E-state index in [1.54, 1.807) is 24.9 Å². The Hall–Kier alpha value is -1.03. The number of rotatable bonds is 13. The highest BCUT2D eigenvalue weighted by molar-refractivity contribution is 7.98. The number of carbonyl (C=O) groups excluding carboxylic acids is 1. The van der Waals surface area contributed by atoms with E-state index in [0.717, 1.165) is 18.8 Å². The number of thioether (sulfide) groups is 1. The van der Waals surface area contributed by atoms with Crippen LogP contribution in [-0.2, 0) is 14.8 Å². The van der Waals surface area contributed by atoms with E-state index in [1.807, 2.05) is 18.4 Å². The number of likely N-dealkylation sites (N-methyl/N-ethyl adjacent to an activating group) is 1. The highest BCUT2D eigenvalue weighted by Gasteiger charge is 2.26. The van der Waals surface area contributed by atoms with E-state index in [4.69, 9.17) is 4.42 Å². The minimum Gasteiger partial charge on any atom is -0.468 e. The van der Waals surface area contributed by atoms with Gasteiger partial charge in [0.25, 0.3) is 0 Å². The molecule has 2 N–H and O–H groups in total. The normalized spacial score (nSPS) is 14.3. The van der Waals surface area contributed by atoms with Gasteiger partial charge < -0.3 is 9.73 Å². The number of furan rings is 1. The van der Waals surface area contributed by atoms with Gasteiger partial charge in [-0.3, -0.25) is 9.69 Å². The molecule has 1 amide bonds.